The van der Waals surface area contributed by atoms with Gasteiger partial charge >= 0.3 is 0 Å². The Kier molecular flexibility index (Phi) is 3.42. The molecule has 0 radical (unpaired) electrons. The van der Waals surface area contributed by atoms with Crippen LogP contribution in [0.25, 0.3) is 0 Å². The predicted molar refractivity (Wildman–Crippen MR) is 75.5 cm³/mol. The molecule has 0 saturated heterocycles. The van der Waals surface area contributed by atoms with Gasteiger partial charge in [-0.15, -0.1) is 10.2 Å². The lowest BCUT2D eigenvalue weighted by atomic mass is 10.1. The number of ether oxygens (including phenoxy) is 1. The van der Waals surface area contributed by atoms with Crippen molar-refractivity contribution in [2.24, 2.45) is 5.14 Å². The zero-order valence-corrected chi connectivity index (χ0v) is 12.4. The number of para-hydroxylation sites is 1. The number of nitrogens with two attached hydrogens (primary N) is 1. The third-order valence-electron chi connectivity index (χ3n) is 3.44. The summed E-state index contributed by atoms with van der Waals surface area (Å²) < 4.78 is 30.2. The summed E-state index contributed by atoms with van der Waals surface area (Å²) in [6.07, 6.45) is 2.28. The summed E-state index contributed by atoms with van der Waals surface area (Å²) in [5.74, 6) is 1.33. The van der Waals surface area contributed by atoms with Crippen LogP contribution in [0.15, 0.2) is 29.4 Å². The third kappa shape index (κ3) is 2.77. The molecule has 0 unspecified atom stereocenters. The van der Waals surface area contributed by atoms with Gasteiger partial charge in [0.1, 0.15) is 11.6 Å². The lowest BCUT2D eigenvalue weighted by Crippen LogP contribution is -2.19. The quantitative estimate of drug-likeness (QED) is 0.883. The molecule has 1 aromatic carbocycles. The van der Waals surface area contributed by atoms with Crippen molar-refractivity contribution in [2.45, 2.75) is 30.5 Å². The number of hydrogen-bond donors (Lipinski definition) is 1. The Labute approximate surface area is 122 Å². The molecule has 2 aromatic rings. The molecule has 1 aromatic heterocycles. The maximum absolute atomic E-state index is 11.6. The second kappa shape index (κ2) is 5.12. The number of hydrogen-bond acceptors (Lipinski definition) is 5. The third-order valence-corrected chi connectivity index (χ3v) is 4.23. The molecule has 0 bridgehead atoms. The molecular weight excluding hydrogens is 292 g/mol. The highest BCUT2D eigenvalue weighted by atomic mass is 32.2. The van der Waals surface area contributed by atoms with Gasteiger partial charge in [0.2, 0.25) is 0 Å². The summed E-state index contributed by atoms with van der Waals surface area (Å²) in [6.45, 7) is 0. The number of aromatic nitrogens is 3. The zero-order valence-electron chi connectivity index (χ0n) is 11.6. The molecule has 3 rings (SSSR count). The highest BCUT2D eigenvalue weighted by molar-refractivity contribution is 7.89. The van der Waals surface area contributed by atoms with Gasteiger partial charge in [-0.05, 0) is 18.9 Å². The number of benzene rings is 1. The summed E-state index contributed by atoms with van der Waals surface area (Å²) in [6, 6.07) is 7.67. The topological polar surface area (TPSA) is 100 Å². The first kappa shape index (κ1) is 14.0. The van der Waals surface area contributed by atoms with E-state index >= 15 is 0 Å². The first-order valence-corrected chi connectivity index (χ1v) is 8.14. The Balaban J connectivity index is 2.02. The van der Waals surface area contributed by atoms with Crippen LogP contribution >= 0.6 is 0 Å². The molecule has 0 aliphatic heterocycles. The number of methoxy groups -OCH3 is 1. The molecule has 1 aliphatic carbocycles. The van der Waals surface area contributed by atoms with Crippen molar-refractivity contribution in [3.05, 3.63) is 35.7 Å². The fraction of sp³-hybridized carbons (Fsp3) is 0.385. The van der Waals surface area contributed by atoms with E-state index in [0.29, 0.717) is 12.2 Å². The van der Waals surface area contributed by atoms with Gasteiger partial charge in [0.25, 0.3) is 15.2 Å². The Hall–Kier alpha value is -1.93. The first-order chi connectivity index (χ1) is 10.0. The molecule has 1 fully saturated rings. The van der Waals surface area contributed by atoms with E-state index in [2.05, 4.69) is 10.2 Å². The van der Waals surface area contributed by atoms with Crippen LogP contribution in [-0.2, 0) is 16.4 Å². The van der Waals surface area contributed by atoms with Gasteiger partial charge in [0.05, 0.1) is 7.11 Å². The molecule has 8 heteroatoms. The molecule has 0 amide bonds. The van der Waals surface area contributed by atoms with Crippen LogP contribution in [0.5, 0.6) is 5.75 Å². The molecule has 1 saturated carbocycles. The van der Waals surface area contributed by atoms with E-state index in [4.69, 9.17) is 9.88 Å². The fourth-order valence-electron chi connectivity index (χ4n) is 2.34. The smallest absolute Gasteiger partial charge is 0.273 e. The average Bonchev–Trinajstić information content (AvgIpc) is 3.19. The van der Waals surface area contributed by atoms with E-state index in [9.17, 15) is 8.42 Å². The molecule has 1 heterocycles. The van der Waals surface area contributed by atoms with E-state index < -0.39 is 10.0 Å². The minimum Gasteiger partial charge on any atom is -0.496 e. The van der Waals surface area contributed by atoms with E-state index in [1.54, 1.807) is 11.7 Å². The van der Waals surface area contributed by atoms with Crippen molar-refractivity contribution in [3.8, 4) is 5.75 Å². The molecule has 0 atom stereocenters. The summed E-state index contributed by atoms with van der Waals surface area (Å²) in [7, 11) is -2.27. The second-order valence-electron chi connectivity index (χ2n) is 5.03. The lowest BCUT2D eigenvalue weighted by Gasteiger charge is -2.10. The van der Waals surface area contributed by atoms with E-state index in [-0.39, 0.29) is 11.2 Å². The van der Waals surface area contributed by atoms with Gasteiger partial charge < -0.3 is 4.74 Å². The molecule has 112 valence electrons. The van der Waals surface area contributed by atoms with E-state index in [1.807, 2.05) is 24.3 Å². The lowest BCUT2D eigenvalue weighted by molar-refractivity contribution is 0.410. The van der Waals surface area contributed by atoms with Gasteiger partial charge in [0, 0.05) is 18.0 Å². The van der Waals surface area contributed by atoms with Gasteiger partial charge in [-0.3, -0.25) is 4.57 Å². The van der Waals surface area contributed by atoms with E-state index in [1.165, 1.54) is 0 Å². The molecule has 21 heavy (non-hydrogen) atoms. The Morgan fingerprint density at radius 3 is 2.67 bits per heavy atom. The van der Waals surface area contributed by atoms with Gasteiger partial charge in [-0.1, -0.05) is 18.2 Å². The standard InChI is InChI=1S/C13H16N4O3S/c1-20-11-5-3-2-4-9(11)8-12-15-16-13(21(14,18)19)17(12)10-6-7-10/h2-5,10H,6-8H2,1H3,(H2,14,18,19). The fourth-order valence-corrected chi connectivity index (χ4v) is 3.02. The van der Waals surface area contributed by atoms with Gasteiger partial charge in [-0.2, -0.15) is 0 Å². The van der Waals surface area contributed by atoms with Crippen LogP contribution in [0.3, 0.4) is 0 Å². The van der Waals surface area contributed by atoms with Crippen molar-refractivity contribution in [1.82, 2.24) is 14.8 Å². The van der Waals surface area contributed by atoms with Gasteiger partial charge in [-0.25, -0.2) is 13.6 Å². The summed E-state index contributed by atoms with van der Waals surface area (Å²) in [5, 5.41) is 12.8. The Morgan fingerprint density at radius 2 is 2.05 bits per heavy atom. The number of sulfonamides is 1. The van der Waals surface area contributed by atoms with Crippen molar-refractivity contribution < 1.29 is 13.2 Å². The average molecular weight is 308 g/mol. The summed E-state index contributed by atoms with van der Waals surface area (Å²) in [4.78, 5) is 0. The van der Waals surface area contributed by atoms with Crippen molar-refractivity contribution in [1.29, 1.82) is 0 Å². The van der Waals surface area contributed by atoms with Crippen molar-refractivity contribution >= 4 is 10.0 Å². The first-order valence-electron chi connectivity index (χ1n) is 6.59. The van der Waals surface area contributed by atoms with E-state index in [0.717, 1.165) is 24.2 Å². The van der Waals surface area contributed by atoms with Crippen LogP contribution < -0.4 is 9.88 Å². The largest absolute Gasteiger partial charge is 0.496 e. The monoisotopic (exact) mass is 308 g/mol. The predicted octanol–water partition coefficient (Wildman–Crippen LogP) is 0.860. The summed E-state index contributed by atoms with van der Waals surface area (Å²) in [5.41, 5.74) is 0.926. The Bertz CT molecular complexity index is 765. The Morgan fingerprint density at radius 1 is 1.33 bits per heavy atom. The molecule has 7 nitrogen and oxygen atoms in total. The minimum atomic E-state index is -3.87. The maximum Gasteiger partial charge on any atom is 0.273 e. The molecule has 0 spiro atoms. The summed E-state index contributed by atoms with van der Waals surface area (Å²) >= 11 is 0. The minimum absolute atomic E-state index is 0.123. The normalized spacial score (nSPS) is 15.1. The maximum atomic E-state index is 11.6. The van der Waals surface area contributed by atoms with Crippen LogP contribution in [-0.4, -0.2) is 30.3 Å². The van der Waals surface area contributed by atoms with Crippen LogP contribution in [0.1, 0.15) is 30.3 Å². The molecule has 2 N–H and O–H groups in total. The number of nitrogens with zero attached hydrogens (tertiary/aromatic N) is 3. The van der Waals surface area contributed by atoms with Gasteiger partial charge in [0.15, 0.2) is 0 Å². The van der Waals surface area contributed by atoms with Crippen LogP contribution in [0.2, 0.25) is 0 Å². The second-order valence-corrected chi connectivity index (χ2v) is 6.49. The van der Waals surface area contributed by atoms with Crippen molar-refractivity contribution in [2.75, 3.05) is 7.11 Å². The van der Waals surface area contributed by atoms with Crippen LogP contribution in [0.4, 0.5) is 0 Å². The SMILES string of the molecule is COc1ccccc1Cc1nnc(S(N)(=O)=O)n1C1CC1. The number of primary sulfonamides is 1. The molecule has 1 aliphatic rings. The highest BCUT2D eigenvalue weighted by Crippen LogP contribution is 2.38. The van der Waals surface area contributed by atoms with Crippen molar-refractivity contribution in [3.63, 3.8) is 0 Å². The number of rotatable bonds is 5. The highest BCUT2D eigenvalue weighted by Gasteiger charge is 2.33. The van der Waals surface area contributed by atoms with Crippen LogP contribution in [0, 0.1) is 0 Å². The zero-order chi connectivity index (χ0) is 15.0. The molecular formula is C13H16N4O3S.